The van der Waals surface area contributed by atoms with Crippen LogP contribution < -0.4 is 16.6 Å². The Kier molecular flexibility index (Phi) is 6.43. The zero-order valence-corrected chi connectivity index (χ0v) is 7.57. The van der Waals surface area contributed by atoms with Crippen molar-refractivity contribution in [1.29, 1.82) is 0 Å². The van der Waals surface area contributed by atoms with E-state index in [2.05, 4.69) is 11.5 Å². The lowest BCUT2D eigenvalue weighted by Crippen LogP contribution is -2.68. The van der Waals surface area contributed by atoms with E-state index in [4.69, 9.17) is 9.84 Å². The number of carboxylic acid groups (broad SMARTS) is 1. The monoisotopic (exact) mass is 193 g/mol. The normalized spacial score (nSPS) is 15.3. The van der Waals surface area contributed by atoms with Gasteiger partial charge in [-0.15, -0.1) is 0 Å². The van der Waals surface area contributed by atoms with Crippen molar-refractivity contribution < 1.29 is 31.2 Å². The van der Waals surface area contributed by atoms with Gasteiger partial charge in [0.15, 0.2) is 0 Å². The van der Waals surface area contributed by atoms with Gasteiger partial charge < -0.3 is 31.2 Å². The first-order valence-corrected chi connectivity index (χ1v) is 4.13. The summed E-state index contributed by atoms with van der Waals surface area (Å²) >= 11 is 0. The number of hydrogen-bond acceptors (Lipinski definition) is 4. The maximum Gasteiger partial charge on any atom is 0.131 e. The first-order valence-electron chi connectivity index (χ1n) is 4.13. The number of quaternary nitrogens is 2. The Morgan fingerprint density at radius 1 is 1.54 bits per heavy atom. The molecular formula is C7H17N2O4+. The smallest absolute Gasteiger partial charge is 0.131 e. The Balaban J connectivity index is 3.30. The molecule has 0 heterocycles. The summed E-state index contributed by atoms with van der Waals surface area (Å²) in [5.41, 5.74) is 6.96. The maximum atomic E-state index is 10.2. The molecule has 0 bridgehead atoms. The molecule has 1 unspecified atom stereocenters. The van der Waals surface area contributed by atoms with E-state index in [1.807, 2.05) is 0 Å². The molecule has 0 aromatic carbocycles. The molecular weight excluding hydrogens is 176 g/mol. The van der Waals surface area contributed by atoms with Gasteiger partial charge in [-0.3, -0.25) is 0 Å². The number of carboxylic acids is 1. The summed E-state index contributed by atoms with van der Waals surface area (Å²) in [7, 11) is 0. The number of aliphatic hydroxyl groups is 1. The fourth-order valence-corrected chi connectivity index (χ4v) is 0.646. The van der Waals surface area contributed by atoms with Crippen LogP contribution in [0.1, 0.15) is 6.42 Å². The highest BCUT2D eigenvalue weighted by molar-refractivity contribution is 5.68. The van der Waals surface area contributed by atoms with Crippen LogP contribution in [0.4, 0.5) is 0 Å². The van der Waals surface area contributed by atoms with Crippen molar-refractivity contribution >= 4 is 5.97 Å². The van der Waals surface area contributed by atoms with Crippen molar-refractivity contribution in [3.63, 3.8) is 0 Å². The molecule has 0 aliphatic carbocycles. The van der Waals surface area contributed by atoms with Crippen LogP contribution in [0.15, 0.2) is 0 Å². The molecule has 0 aliphatic heterocycles. The predicted octanol–water partition coefficient (Wildman–Crippen LogP) is -4.64. The van der Waals surface area contributed by atoms with Gasteiger partial charge in [0.2, 0.25) is 0 Å². The first kappa shape index (κ1) is 12.3. The second-order valence-corrected chi connectivity index (χ2v) is 2.93. The lowest BCUT2D eigenvalue weighted by Gasteiger charge is -2.10. The minimum absolute atomic E-state index is 0.0334. The molecule has 2 atom stereocenters. The number of aliphatic hydroxyl groups excluding tert-OH is 1. The van der Waals surface area contributed by atoms with E-state index in [0.717, 1.165) is 0 Å². The van der Waals surface area contributed by atoms with E-state index in [-0.39, 0.29) is 12.6 Å². The molecule has 0 radical (unpaired) electrons. The van der Waals surface area contributed by atoms with E-state index in [9.17, 15) is 9.90 Å². The van der Waals surface area contributed by atoms with Gasteiger partial charge in [-0.2, -0.15) is 0 Å². The number of carbonyl (C=O) groups excluding carboxylic acids is 1. The quantitative estimate of drug-likeness (QED) is 0.351. The molecule has 6 heteroatoms. The molecule has 0 aromatic heterocycles. The third-order valence-corrected chi connectivity index (χ3v) is 1.56. The van der Waals surface area contributed by atoms with Crippen molar-refractivity contribution in [2.24, 2.45) is 0 Å². The topological polar surface area (TPSA) is 125 Å². The van der Waals surface area contributed by atoms with Crippen molar-refractivity contribution in [2.75, 3.05) is 19.8 Å². The van der Waals surface area contributed by atoms with Crippen LogP contribution >= 0.6 is 0 Å². The fraction of sp³-hybridized carbons (Fsp3) is 0.857. The van der Waals surface area contributed by atoms with Crippen LogP contribution in [0.5, 0.6) is 0 Å². The van der Waals surface area contributed by atoms with Crippen LogP contribution in [0.3, 0.4) is 0 Å². The molecule has 0 saturated carbocycles. The molecule has 78 valence electrons. The fourth-order valence-electron chi connectivity index (χ4n) is 0.646. The minimum atomic E-state index is -1.17. The highest BCUT2D eigenvalue weighted by atomic mass is 16.5. The van der Waals surface area contributed by atoms with Gasteiger partial charge in [0.1, 0.15) is 18.7 Å². The molecule has 0 aromatic rings. The SMILES string of the molecule is [NH3+]C(CO)COCC[C@H]([NH3+])C(=O)[O-]. The van der Waals surface area contributed by atoms with Crippen LogP contribution in [0.25, 0.3) is 0 Å². The summed E-state index contributed by atoms with van der Waals surface area (Å²) < 4.78 is 5.05. The molecule has 0 fully saturated rings. The highest BCUT2D eigenvalue weighted by Gasteiger charge is 2.08. The van der Waals surface area contributed by atoms with Gasteiger partial charge in [-0.25, -0.2) is 0 Å². The second kappa shape index (κ2) is 6.79. The largest absolute Gasteiger partial charge is 0.544 e. The van der Waals surface area contributed by atoms with Crippen LogP contribution in [-0.2, 0) is 9.53 Å². The number of carbonyl (C=O) groups is 1. The summed E-state index contributed by atoms with van der Waals surface area (Å²) in [4.78, 5) is 10.2. The Labute approximate surface area is 76.5 Å². The molecule has 0 amide bonds. The first-order chi connectivity index (χ1) is 6.07. The van der Waals surface area contributed by atoms with Gasteiger partial charge in [0.05, 0.1) is 19.2 Å². The van der Waals surface area contributed by atoms with Crippen LogP contribution in [0.2, 0.25) is 0 Å². The molecule has 13 heavy (non-hydrogen) atoms. The summed E-state index contributed by atoms with van der Waals surface area (Å²) in [6.45, 7) is 0.596. The Morgan fingerprint density at radius 3 is 2.62 bits per heavy atom. The van der Waals surface area contributed by atoms with E-state index >= 15 is 0 Å². The van der Waals surface area contributed by atoms with Gasteiger partial charge in [-0.05, 0) is 0 Å². The predicted molar refractivity (Wildman–Crippen MR) is 40.9 cm³/mol. The lowest BCUT2D eigenvalue weighted by molar-refractivity contribution is -0.442. The van der Waals surface area contributed by atoms with Crippen molar-refractivity contribution in [3.05, 3.63) is 0 Å². The molecule has 7 N–H and O–H groups in total. The van der Waals surface area contributed by atoms with Crippen molar-refractivity contribution in [2.45, 2.75) is 18.5 Å². The molecule has 6 nitrogen and oxygen atoms in total. The third-order valence-electron chi connectivity index (χ3n) is 1.56. The zero-order chi connectivity index (χ0) is 10.3. The standard InChI is InChI=1S/C7H16N2O4/c8-5(3-10)4-13-2-1-6(9)7(11)12/h5-6,10H,1-4,8-9H2,(H,11,12)/p+1/t5?,6-/m0/s1. The lowest BCUT2D eigenvalue weighted by atomic mass is 10.2. The average molecular weight is 193 g/mol. The van der Waals surface area contributed by atoms with Crippen LogP contribution in [0, 0.1) is 0 Å². The molecule has 0 aliphatic rings. The molecule has 0 rings (SSSR count). The summed E-state index contributed by atoms with van der Waals surface area (Å²) in [6, 6.07) is -0.899. The van der Waals surface area contributed by atoms with Crippen LogP contribution in [-0.4, -0.2) is 43.0 Å². The Hall–Kier alpha value is -0.690. The second-order valence-electron chi connectivity index (χ2n) is 2.93. The summed E-state index contributed by atoms with van der Waals surface area (Å²) in [6.07, 6.45) is 0.320. The van der Waals surface area contributed by atoms with Gasteiger partial charge >= 0.3 is 0 Å². The number of hydrogen-bond donors (Lipinski definition) is 3. The third kappa shape index (κ3) is 6.47. The van der Waals surface area contributed by atoms with E-state index in [0.29, 0.717) is 19.6 Å². The summed E-state index contributed by atoms with van der Waals surface area (Å²) in [5.74, 6) is -1.17. The number of aliphatic carboxylic acids is 1. The van der Waals surface area contributed by atoms with Crippen molar-refractivity contribution in [1.82, 2.24) is 0 Å². The maximum absolute atomic E-state index is 10.2. The van der Waals surface area contributed by atoms with E-state index < -0.39 is 12.0 Å². The number of rotatable bonds is 7. The number of ether oxygens (including phenoxy) is 1. The molecule has 0 spiro atoms. The Bertz CT molecular complexity index is 153. The molecule has 0 saturated heterocycles. The van der Waals surface area contributed by atoms with E-state index in [1.165, 1.54) is 0 Å². The summed E-state index contributed by atoms with van der Waals surface area (Å²) in [5, 5.41) is 18.8. The van der Waals surface area contributed by atoms with Gasteiger partial charge in [-0.1, -0.05) is 0 Å². The van der Waals surface area contributed by atoms with Gasteiger partial charge in [0, 0.05) is 6.42 Å². The average Bonchev–Trinajstić information content (AvgIpc) is 2.11. The van der Waals surface area contributed by atoms with Gasteiger partial charge in [0.25, 0.3) is 0 Å². The highest BCUT2D eigenvalue weighted by Crippen LogP contribution is 1.87. The minimum Gasteiger partial charge on any atom is -0.544 e. The van der Waals surface area contributed by atoms with E-state index in [1.54, 1.807) is 0 Å². The Morgan fingerprint density at radius 2 is 2.15 bits per heavy atom. The van der Waals surface area contributed by atoms with Crippen molar-refractivity contribution in [3.8, 4) is 0 Å². The zero-order valence-electron chi connectivity index (χ0n) is 7.57.